The number of carbonyl (C=O) groups excluding carboxylic acids is 1. The molecular formula is C19H18Cl2N2O4. The normalized spacial score (nSPS) is 23.2. The molecule has 2 aromatic carbocycles. The second kappa shape index (κ2) is 6.39. The van der Waals surface area contributed by atoms with Crippen molar-refractivity contribution in [2.24, 2.45) is 0 Å². The predicted molar refractivity (Wildman–Crippen MR) is 103 cm³/mol. The van der Waals surface area contributed by atoms with Gasteiger partial charge in [0.25, 0.3) is 0 Å². The van der Waals surface area contributed by atoms with Crippen LogP contribution in [0.1, 0.15) is 24.9 Å². The van der Waals surface area contributed by atoms with Gasteiger partial charge in [0.05, 0.1) is 31.0 Å². The Morgan fingerprint density at radius 2 is 1.93 bits per heavy atom. The first-order valence-electron chi connectivity index (χ1n) is 8.37. The van der Waals surface area contributed by atoms with Gasteiger partial charge in [-0.1, -0.05) is 23.2 Å². The Labute approximate surface area is 166 Å². The number of rotatable bonds is 3. The van der Waals surface area contributed by atoms with Gasteiger partial charge in [-0.25, -0.2) is 4.79 Å². The Morgan fingerprint density at radius 3 is 2.63 bits per heavy atom. The summed E-state index contributed by atoms with van der Waals surface area (Å²) in [7, 11) is 3.11. The maximum atomic E-state index is 12.9. The molecule has 0 radical (unpaired) electrons. The molecule has 2 aliphatic heterocycles. The molecular weight excluding hydrogens is 391 g/mol. The molecule has 0 spiro atoms. The molecule has 6 nitrogen and oxygen atoms in total. The Morgan fingerprint density at radius 1 is 1.19 bits per heavy atom. The second-order valence-electron chi connectivity index (χ2n) is 6.66. The van der Waals surface area contributed by atoms with Gasteiger partial charge in [0.2, 0.25) is 0 Å². The summed E-state index contributed by atoms with van der Waals surface area (Å²) in [5.41, 5.74) is 0.488. The van der Waals surface area contributed by atoms with Crippen LogP contribution in [0.4, 0.5) is 10.5 Å². The van der Waals surface area contributed by atoms with E-state index < -0.39 is 5.72 Å². The van der Waals surface area contributed by atoms with Gasteiger partial charge in [0.1, 0.15) is 5.75 Å². The fourth-order valence-corrected chi connectivity index (χ4v) is 4.29. The number of hydrogen-bond acceptors (Lipinski definition) is 4. The summed E-state index contributed by atoms with van der Waals surface area (Å²) in [5, 5.41) is 3.93. The van der Waals surface area contributed by atoms with E-state index in [1.54, 1.807) is 49.5 Å². The minimum atomic E-state index is -0.920. The number of halogens is 2. The summed E-state index contributed by atoms with van der Waals surface area (Å²) < 4.78 is 16.9. The zero-order valence-corrected chi connectivity index (χ0v) is 16.5. The fraction of sp³-hybridized carbons (Fsp3) is 0.316. The minimum absolute atomic E-state index is 0.237. The molecule has 142 valence electrons. The summed E-state index contributed by atoms with van der Waals surface area (Å²) in [6.45, 7) is 1.86. The van der Waals surface area contributed by atoms with Crippen LogP contribution < -0.4 is 24.4 Å². The third-order valence-corrected chi connectivity index (χ3v) is 5.42. The van der Waals surface area contributed by atoms with E-state index in [-0.39, 0.29) is 12.1 Å². The highest BCUT2D eigenvalue weighted by Crippen LogP contribution is 2.49. The van der Waals surface area contributed by atoms with Crippen molar-refractivity contribution in [2.45, 2.75) is 25.1 Å². The maximum absolute atomic E-state index is 12.9. The molecule has 2 amide bonds. The largest absolute Gasteiger partial charge is 0.493 e. The molecule has 0 unspecified atom stereocenters. The third kappa shape index (κ3) is 2.84. The summed E-state index contributed by atoms with van der Waals surface area (Å²) in [4.78, 5) is 14.5. The molecule has 0 aromatic heterocycles. The Bertz CT molecular complexity index is 936. The molecule has 1 N–H and O–H groups in total. The van der Waals surface area contributed by atoms with Crippen molar-refractivity contribution in [3.05, 3.63) is 45.9 Å². The van der Waals surface area contributed by atoms with Crippen LogP contribution in [0.5, 0.6) is 17.2 Å². The highest BCUT2D eigenvalue weighted by molar-refractivity contribution is 6.35. The van der Waals surface area contributed by atoms with Crippen molar-refractivity contribution in [1.29, 1.82) is 0 Å². The van der Waals surface area contributed by atoms with Crippen molar-refractivity contribution in [2.75, 3.05) is 19.1 Å². The van der Waals surface area contributed by atoms with Crippen molar-refractivity contribution in [3.8, 4) is 17.2 Å². The monoisotopic (exact) mass is 408 g/mol. The number of urea groups is 1. The number of nitrogens with one attached hydrogen (secondary N) is 1. The maximum Gasteiger partial charge on any atom is 0.325 e. The Hall–Kier alpha value is -2.31. The number of methoxy groups -OCH3 is 2. The molecule has 2 aliphatic rings. The molecule has 2 atom stereocenters. The van der Waals surface area contributed by atoms with Crippen molar-refractivity contribution >= 4 is 34.9 Å². The highest BCUT2D eigenvalue weighted by atomic mass is 35.5. The Kier molecular flexibility index (Phi) is 4.28. The summed E-state index contributed by atoms with van der Waals surface area (Å²) in [6.07, 6.45) is 0.538. The summed E-state index contributed by atoms with van der Waals surface area (Å²) in [6, 6.07) is 8.18. The number of ether oxygens (including phenoxy) is 3. The van der Waals surface area contributed by atoms with Gasteiger partial charge < -0.3 is 19.5 Å². The number of benzene rings is 2. The van der Waals surface area contributed by atoms with Crippen LogP contribution in [0.25, 0.3) is 0 Å². The van der Waals surface area contributed by atoms with E-state index in [2.05, 4.69) is 5.32 Å². The fourth-order valence-electron chi connectivity index (χ4n) is 3.75. The third-order valence-electron chi connectivity index (χ3n) is 4.92. The molecule has 2 aromatic rings. The van der Waals surface area contributed by atoms with Gasteiger partial charge in [0, 0.05) is 23.1 Å². The van der Waals surface area contributed by atoms with Crippen LogP contribution >= 0.6 is 23.2 Å². The Balaban J connectivity index is 1.80. The van der Waals surface area contributed by atoms with E-state index in [4.69, 9.17) is 37.4 Å². The van der Waals surface area contributed by atoms with Crippen LogP contribution in [0, 0.1) is 0 Å². The number of amides is 2. The first-order chi connectivity index (χ1) is 12.9. The second-order valence-corrected chi connectivity index (χ2v) is 7.51. The van der Waals surface area contributed by atoms with Crippen LogP contribution in [0.2, 0.25) is 10.0 Å². The standard InChI is InChI=1S/C19H18Cl2N2O4/c1-19-9-14(12-6-10(20)7-13(21)17(12)27-19)22-18(24)23(19)11-4-5-15(25-2)16(8-11)26-3/h4-8,14H,9H2,1-3H3,(H,22,24)/t14-,19-/m0/s1. The van der Waals surface area contributed by atoms with E-state index in [0.29, 0.717) is 39.4 Å². The zero-order chi connectivity index (χ0) is 19.3. The number of fused-ring (bicyclic) bond motifs is 4. The smallest absolute Gasteiger partial charge is 0.325 e. The number of hydrogen-bond donors (Lipinski definition) is 1. The first kappa shape index (κ1) is 18.1. The molecule has 1 saturated heterocycles. The average molecular weight is 409 g/mol. The van der Waals surface area contributed by atoms with Gasteiger partial charge in [-0.15, -0.1) is 0 Å². The van der Waals surface area contributed by atoms with Gasteiger partial charge in [-0.05, 0) is 31.2 Å². The SMILES string of the molecule is COc1ccc(N2C(=O)N[C@H]3C[C@]2(C)Oc2c(Cl)cc(Cl)cc23)cc1OC. The molecule has 0 saturated carbocycles. The van der Waals surface area contributed by atoms with Gasteiger partial charge in [-0.2, -0.15) is 0 Å². The van der Waals surface area contributed by atoms with Crippen LogP contribution in [0.15, 0.2) is 30.3 Å². The van der Waals surface area contributed by atoms with Crippen molar-refractivity contribution in [1.82, 2.24) is 5.32 Å². The van der Waals surface area contributed by atoms with E-state index >= 15 is 0 Å². The van der Waals surface area contributed by atoms with Crippen LogP contribution in [-0.4, -0.2) is 26.0 Å². The summed E-state index contributed by atoms with van der Waals surface area (Å²) >= 11 is 12.5. The molecule has 0 aliphatic carbocycles. The van der Waals surface area contributed by atoms with Gasteiger partial charge >= 0.3 is 6.03 Å². The topological polar surface area (TPSA) is 60.0 Å². The number of nitrogens with zero attached hydrogens (tertiary/aromatic N) is 1. The molecule has 8 heteroatoms. The molecule has 1 fully saturated rings. The van der Waals surface area contributed by atoms with Gasteiger partial charge in [-0.3, -0.25) is 4.90 Å². The highest BCUT2D eigenvalue weighted by Gasteiger charge is 2.50. The van der Waals surface area contributed by atoms with Crippen LogP contribution in [0.3, 0.4) is 0 Å². The number of carbonyl (C=O) groups is 1. The summed E-state index contributed by atoms with van der Waals surface area (Å²) in [5.74, 6) is 1.63. The molecule has 2 bridgehead atoms. The van der Waals surface area contributed by atoms with Crippen LogP contribution in [-0.2, 0) is 0 Å². The quantitative estimate of drug-likeness (QED) is 0.793. The van der Waals surface area contributed by atoms with Crippen molar-refractivity contribution < 1.29 is 19.0 Å². The lowest BCUT2D eigenvalue weighted by Crippen LogP contribution is -2.65. The van der Waals surface area contributed by atoms with E-state index in [0.717, 1.165) is 5.56 Å². The average Bonchev–Trinajstić information content (AvgIpc) is 2.62. The lowest BCUT2D eigenvalue weighted by molar-refractivity contribution is 0.0379. The molecule has 4 rings (SSSR count). The first-order valence-corrected chi connectivity index (χ1v) is 9.12. The predicted octanol–water partition coefficient (Wildman–Crippen LogP) is 4.78. The van der Waals surface area contributed by atoms with E-state index in [9.17, 15) is 4.79 Å². The molecule has 2 heterocycles. The lowest BCUT2D eigenvalue weighted by atomic mass is 9.90. The zero-order valence-electron chi connectivity index (χ0n) is 15.0. The number of anilines is 1. The van der Waals surface area contributed by atoms with Gasteiger partial charge in [0.15, 0.2) is 17.2 Å². The lowest BCUT2D eigenvalue weighted by Gasteiger charge is -2.50. The molecule has 27 heavy (non-hydrogen) atoms. The minimum Gasteiger partial charge on any atom is -0.493 e. The van der Waals surface area contributed by atoms with E-state index in [1.807, 2.05) is 6.92 Å². The van der Waals surface area contributed by atoms with Crippen molar-refractivity contribution in [3.63, 3.8) is 0 Å². The van der Waals surface area contributed by atoms with E-state index in [1.165, 1.54) is 0 Å².